The number of rotatable bonds is 2. The number of aryl methyl sites for hydroxylation is 1. The van der Waals surface area contributed by atoms with Crippen LogP contribution in [-0.2, 0) is 4.79 Å². The van der Waals surface area contributed by atoms with Gasteiger partial charge in [-0.3, -0.25) is 4.79 Å². The molecule has 0 saturated carbocycles. The second-order valence-corrected chi connectivity index (χ2v) is 3.73. The van der Waals surface area contributed by atoms with E-state index in [1.165, 1.54) is 19.1 Å². The summed E-state index contributed by atoms with van der Waals surface area (Å²) in [6, 6.07) is 4.47. The van der Waals surface area contributed by atoms with Gasteiger partial charge in [0.25, 0.3) is 12.1 Å². The fourth-order valence-electron chi connectivity index (χ4n) is 1.13. The summed E-state index contributed by atoms with van der Waals surface area (Å²) >= 11 is 5.67. The molecule has 0 radical (unpaired) electrons. The molecule has 0 saturated heterocycles. The lowest BCUT2D eigenvalue weighted by Crippen LogP contribution is -2.37. The van der Waals surface area contributed by atoms with Crippen LogP contribution in [0.25, 0.3) is 0 Å². The standard InChI is InChI=1S/C10H8ClF4NO/c1-5-3-2-4-6(11)7(5)16-9(17)8(12)10(13,14)15/h2-4,8H,1H3,(H,16,17)/t8-/m1/s1. The molecule has 0 aliphatic heterocycles. The number of nitrogens with one attached hydrogen (secondary N) is 1. The number of benzene rings is 1. The van der Waals surface area contributed by atoms with Crippen molar-refractivity contribution in [3.63, 3.8) is 0 Å². The highest BCUT2D eigenvalue weighted by Gasteiger charge is 2.45. The summed E-state index contributed by atoms with van der Waals surface area (Å²) < 4.78 is 48.5. The molecule has 1 aromatic rings. The molecule has 2 nitrogen and oxygen atoms in total. The first-order valence-corrected chi connectivity index (χ1v) is 4.88. The van der Waals surface area contributed by atoms with Crippen LogP contribution in [0, 0.1) is 6.92 Å². The highest BCUT2D eigenvalue weighted by molar-refractivity contribution is 6.34. The van der Waals surface area contributed by atoms with E-state index in [-0.39, 0.29) is 10.7 Å². The summed E-state index contributed by atoms with van der Waals surface area (Å²) in [6.45, 7) is 1.53. The number of carbonyl (C=O) groups excluding carboxylic acids is 1. The average Bonchev–Trinajstić information content (AvgIpc) is 2.21. The third-order valence-electron chi connectivity index (χ3n) is 1.99. The maximum atomic E-state index is 12.7. The molecule has 0 fully saturated rings. The van der Waals surface area contributed by atoms with E-state index < -0.39 is 18.3 Å². The van der Waals surface area contributed by atoms with Crippen molar-refractivity contribution in [3.8, 4) is 0 Å². The van der Waals surface area contributed by atoms with Crippen molar-refractivity contribution in [3.05, 3.63) is 28.8 Å². The van der Waals surface area contributed by atoms with Crippen LogP contribution in [0.1, 0.15) is 5.56 Å². The van der Waals surface area contributed by atoms with Crippen LogP contribution in [0.3, 0.4) is 0 Å². The predicted octanol–water partition coefficient (Wildman–Crippen LogP) is 3.49. The molecule has 1 rings (SSSR count). The summed E-state index contributed by atoms with van der Waals surface area (Å²) in [6.07, 6.45) is -8.79. The second-order valence-electron chi connectivity index (χ2n) is 3.33. The Kier molecular flexibility index (Phi) is 3.98. The summed E-state index contributed by atoms with van der Waals surface area (Å²) in [5.41, 5.74) is 0.422. The zero-order chi connectivity index (χ0) is 13.2. The van der Waals surface area contributed by atoms with Crippen molar-refractivity contribution < 1.29 is 22.4 Å². The van der Waals surface area contributed by atoms with Gasteiger partial charge in [0.1, 0.15) is 0 Å². The van der Waals surface area contributed by atoms with Crippen LogP contribution in [0.4, 0.5) is 23.2 Å². The van der Waals surface area contributed by atoms with Crippen molar-refractivity contribution in [2.75, 3.05) is 5.32 Å². The van der Waals surface area contributed by atoms with Gasteiger partial charge < -0.3 is 5.32 Å². The molecule has 1 N–H and O–H groups in total. The van der Waals surface area contributed by atoms with E-state index in [9.17, 15) is 22.4 Å². The van der Waals surface area contributed by atoms with Gasteiger partial charge >= 0.3 is 6.18 Å². The molecule has 1 aromatic carbocycles. The molecule has 0 aromatic heterocycles. The lowest BCUT2D eigenvalue weighted by Gasteiger charge is -2.14. The zero-order valence-corrected chi connectivity index (χ0v) is 9.36. The van der Waals surface area contributed by atoms with Crippen molar-refractivity contribution in [2.24, 2.45) is 0 Å². The van der Waals surface area contributed by atoms with Gasteiger partial charge in [-0.15, -0.1) is 0 Å². The SMILES string of the molecule is Cc1cccc(Cl)c1NC(=O)[C@@H](F)C(F)(F)F. The molecule has 1 atom stereocenters. The Morgan fingerprint density at radius 3 is 2.47 bits per heavy atom. The summed E-state index contributed by atoms with van der Waals surface area (Å²) in [7, 11) is 0. The maximum absolute atomic E-state index is 12.7. The van der Waals surface area contributed by atoms with Gasteiger partial charge in [-0.1, -0.05) is 23.7 Å². The quantitative estimate of drug-likeness (QED) is 0.818. The van der Waals surface area contributed by atoms with Crippen LogP contribution >= 0.6 is 11.6 Å². The molecule has 0 aliphatic carbocycles. The van der Waals surface area contributed by atoms with Crippen LogP contribution in [0.5, 0.6) is 0 Å². The second kappa shape index (κ2) is 4.91. The fraction of sp³-hybridized carbons (Fsp3) is 0.300. The molecule has 0 bridgehead atoms. The Labute approximate surface area is 99.6 Å². The van der Waals surface area contributed by atoms with E-state index in [1.54, 1.807) is 6.07 Å². The first kappa shape index (κ1) is 13.8. The first-order valence-electron chi connectivity index (χ1n) is 4.50. The van der Waals surface area contributed by atoms with Crippen molar-refractivity contribution in [1.82, 2.24) is 0 Å². The van der Waals surface area contributed by atoms with Gasteiger partial charge in [0, 0.05) is 0 Å². The van der Waals surface area contributed by atoms with Gasteiger partial charge in [0.15, 0.2) is 0 Å². The van der Waals surface area contributed by atoms with Crippen molar-refractivity contribution in [1.29, 1.82) is 0 Å². The van der Waals surface area contributed by atoms with E-state index in [1.807, 2.05) is 5.32 Å². The van der Waals surface area contributed by atoms with Gasteiger partial charge in [0.2, 0.25) is 0 Å². The molecule has 94 valence electrons. The monoisotopic (exact) mass is 269 g/mol. The number of anilines is 1. The van der Waals surface area contributed by atoms with E-state index >= 15 is 0 Å². The number of hydrogen-bond acceptors (Lipinski definition) is 1. The minimum atomic E-state index is -5.22. The minimum Gasteiger partial charge on any atom is -0.322 e. The lowest BCUT2D eigenvalue weighted by molar-refractivity contribution is -0.183. The maximum Gasteiger partial charge on any atom is 0.428 e. The molecule has 0 heterocycles. The molecular formula is C10H8ClF4NO. The number of halogens is 5. The highest BCUT2D eigenvalue weighted by atomic mass is 35.5. The Morgan fingerprint density at radius 2 is 2.00 bits per heavy atom. The van der Waals surface area contributed by atoms with Crippen LogP contribution in [-0.4, -0.2) is 18.3 Å². The average molecular weight is 270 g/mol. The largest absolute Gasteiger partial charge is 0.428 e. The number of hydrogen-bond donors (Lipinski definition) is 1. The molecule has 0 unspecified atom stereocenters. The first-order chi connectivity index (χ1) is 7.73. The van der Waals surface area contributed by atoms with Gasteiger partial charge in [-0.2, -0.15) is 13.2 Å². The predicted molar refractivity (Wildman–Crippen MR) is 55.8 cm³/mol. The molecule has 1 amide bonds. The molecule has 17 heavy (non-hydrogen) atoms. The molecule has 7 heteroatoms. The highest BCUT2D eigenvalue weighted by Crippen LogP contribution is 2.28. The van der Waals surface area contributed by atoms with Crippen LogP contribution in [0.2, 0.25) is 5.02 Å². The number of alkyl halides is 4. The van der Waals surface area contributed by atoms with Crippen molar-refractivity contribution in [2.45, 2.75) is 19.3 Å². The minimum absolute atomic E-state index is 0.0222. The third-order valence-corrected chi connectivity index (χ3v) is 2.30. The number of carbonyl (C=O) groups is 1. The van der Waals surface area contributed by atoms with Crippen LogP contribution < -0.4 is 5.32 Å². The van der Waals surface area contributed by atoms with E-state index in [0.29, 0.717) is 5.56 Å². The zero-order valence-electron chi connectivity index (χ0n) is 8.61. The fourth-order valence-corrected chi connectivity index (χ4v) is 1.39. The Bertz CT molecular complexity index is 413. The normalized spacial score (nSPS) is 13.3. The van der Waals surface area contributed by atoms with E-state index in [2.05, 4.69) is 0 Å². The lowest BCUT2D eigenvalue weighted by atomic mass is 10.2. The Morgan fingerprint density at radius 1 is 1.41 bits per heavy atom. The van der Waals surface area contributed by atoms with Gasteiger partial charge in [-0.05, 0) is 18.6 Å². The topological polar surface area (TPSA) is 29.1 Å². The van der Waals surface area contributed by atoms with E-state index in [4.69, 9.17) is 11.6 Å². The van der Waals surface area contributed by atoms with E-state index in [0.717, 1.165) is 0 Å². The third kappa shape index (κ3) is 3.33. The number of amides is 1. The van der Waals surface area contributed by atoms with Crippen LogP contribution in [0.15, 0.2) is 18.2 Å². The Hall–Kier alpha value is -1.30. The summed E-state index contributed by atoms with van der Waals surface area (Å²) in [4.78, 5) is 11.0. The Balaban J connectivity index is 2.89. The summed E-state index contributed by atoms with van der Waals surface area (Å²) in [5, 5.41) is 1.87. The molecular weight excluding hydrogens is 262 g/mol. The number of para-hydroxylation sites is 1. The van der Waals surface area contributed by atoms with Crippen molar-refractivity contribution >= 4 is 23.2 Å². The van der Waals surface area contributed by atoms with Gasteiger partial charge in [-0.25, -0.2) is 4.39 Å². The molecule has 0 spiro atoms. The molecule has 0 aliphatic rings. The van der Waals surface area contributed by atoms with Gasteiger partial charge in [0.05, 0.1) is 10.7 Å². The summed E-state index contributed by atoms with van der Waals surface area (Å²) in [5.74, 6) is -1.78. The smallest absolute Gasteiger partial charge is 0.322 e.